The van der Waals surface area contributed by atoms with Crippen molar-refractivity contribution < 1.29 is 0 Å². The molecule has 0 heteroatoms. The molecule has 0 amide bonds. The summed E-state index contributed by atoms with van der Waals surface area (Å²) in [4.78, 5) is 0. The van der Waals surface area contributed by atoms with E-state index in [9.17, 15) is 0 Å². The van der Waals surface area contributed by atoms with Crippen LogP contribution in [-0.4, -0.2) is 0 Å². The zero-order chi connectivity index (χ0) is 32.7. The summed E-state index contributed by atoms with van der Waals surface area (Å²) in [6, 6.07) is 63.2. The van der Waals surface area contributed by atoms with Crippen LogP contribution in [0, 0.1) is 0 Å². The molecule has 0 bridgehead atoms. The quantitative estimate of drug-likeness (QED) is 0.184. The molecule has 0 unspecified atom stereocenters. The van der Waals surface area contributed by atoms with Gasteiger partial charge in [0, 0.05) is 5.41 Å². The molecule has 0 aliphatic heterocycles. The number of hydrogen-bond donors (Lipinski definition) is 0. The van der Waals surface area contributed by atoms with Crippen LogP contribution in [0.4, 0.5) is 0 Å². The third-order valence-electron chi connectivity index (χ3n) is 11.0. The van der Waals surface area contributed by atoms with E-state index in [1.165, 1.54) is 98.7 Å². The van der Waals surface area contributed by atoms with Gasteiger partial charge in [0.2, 0.25) is 0 Å². The molecule has 0 radical (unpaired) electrons. The minimum Gasteiger partial charge on any atom is -0.0622 e. The van der Waals surface area contributed by atoms with Crippen LogP contribution in [0.3, 0.4) is 0 Å². The van der Waals surface area contributed by atoms with E-state index in [0.29, 0.717) is 0 Å². The van der Waals surface area contributed by atoms with Crippen LogP contribution >= 0.6 is 0 Å². The van der Waals surface area contributed by atoms with Crippen molar-refractivity contribution in [1.82, 2.24) is 0 Å². The Hall–Kier alpha value is -5.98. The maximum Gasteiger partial charge on any atom is 0.0159 e. The number of hydrogen-bond acceptors (Lipinski definition) is 0. The Morgan fingerprint density at radius 2 is 0.857 bits per heavy atom. The summed E-state index contributed by atoms with van der Waals surface area (Å²) >= 11 is 0. The lowest BCUT2D eigenvalue weighted by Crippen LogP contribution is -2.15. The lowest BCUT2D eigenvalue weighted by molar-refractivity contribution is 0.661. The first-order chi connectivity index (χ1) is 24.0. The van der Waals surface area contributed by atoms with Crippen LogP contribution in [0.15, 0.2) is 170 Å². The molecule has 1 aliphatic rings. The van der Waals surface area contributed by atoms with E-state index in [1.54, 1.807) is 0 Å². The SMILES string of the molecule is CC1(C)c2ccc3ccccc3c2-c2c1cc(-c1cc(-c3ccc4ccc(-c5ccccc5)cc4c3)cc3ccccc13)c1ccccc21. The van der Waals surface area contributed by atoms with Gasteiger partial charge in [-0.25, -0.2) is 0 Å². The molecule has 1 aliphatic carbocycles. The van der Waals surface area contributed by atoms with Crippen molar-refractivity contribution in [2.24, 2.45) is 0 Å². The first-order valence-corrected chi connectivity index (χ1v) is 17.3. The minimum absolute atomic E-state index is 0.129. The number of fused-ring (bicyclic) bond motifs is 9. The van der Waals surface area contributed by atoms with Crippen LogP contribution in [0.5, 0.6) is 0 Å². The smallest absolute Gasteiger partial charge is 0.0159 e. The van der Waals surface area contributed by atoms with Crippen LogP contribution < -0.4 is 0 Å². The van der Waals surface area contributed by atoms with E-state index < -0.39 is 0 Å². The maximum atomic E-state index is 2.52. The average Bonchev–Trinajstić information content (AvgIpc) is 3.40. The molecule has 0 saturated carbocycles. The molecular formula is C49H34. The Morgan fingerprint density at radius 1 is 0.306 bits per heavy atom. The standard InChI is InChI=1S/C49H34/c1-49(2)45-25-24-33-14-6-9-17-40(33)47(45)48-42-19-11-10-18-41(42)44(30-46(48)49)43-29-38(28-36-15-7-8-16-39(36)43)35-23-21-32-20-22-34(26-37(32)27-35)31-12-4-3-5-13-31/h3-30H,1-2H3. The second-order valence-corrected chi connectivity index (χ2v) is 14.1. The molecule has 49 heavy (non-hydrogen) atoms. The van der Waals surface area contributed by atoms with Gasteiger partial charge >= 0.3 is 0 Å². The average molecular weight is 623 g/mol. The summed E-state index contributed by atoms with van der Waals surface area (Å²) in [5, 5.41) is 10.3. The van der Waals surface area contributed by atoms with E-state index in [4.69, 9.17) is 0 Å². The zero-order valence-electron chi connectivity index (χ0n) is 27.7. The predicted molar refractivity (Wildman–Crippen MR) is 210 cm³/mol. The molecule has 0 fully saturated rings. The molecule has 230 valence electrons. The van der Waals surface area contributed by atoms with E-state index in [2.05, 4.69) is 184 Å². The molecule has 0 atom stereocenters. The zero-order valence-corrected chi connectivity index (χ0v) is 27.7. The summed E-state index contributed by atoms with van der Waals surface area (Å²) in [7, 11) is 0. The number of rotatable bonds is 3. The fourth-order valence-electron chi connectivity index (χ4n) is 8.50. The van der Waals surface area contributed by atoms with Gasteiger partial charge < -0.3 is 0 Å². The van der Waals surface area contributed by atoms with Crippen molar-refractivity contribution in [3.05, 3.63) is 181 Å². The highest BCUT2D eigenvalue weighted by Gasteiger charge is 2.38. The largest absolute Gasteiger partial charge is 0.0622 e. The van der Waals surface area contributed by atoms with Crippen molar-refractivity contribution in [2.45, 2.75) is 19.3 Å². The topological polar surface area (TPSA) is 0 Å². The monoisotopic (exact) mass is 622 g/mol. The normalized spacial score (nSPS) is 13.3. The molecule has 9 aromatic carbocycles. The van der Waals surface area contributed by atoms with Gasteiger partial charge in [-0.2, -0.15) is 0 Å². The summed E-state index contributed by atoms with van der Waals surface area (Å²) in [5.41, 5.74) is 13.0. The van der Waals surface area contributed by atoms with E-state index in [-0.39, 0.29) is 5.41 Å². The Morgan fingerprint density at radius 3 is 1.63 bits per heavy atom. The summed E-state index contributed by atoms with van der Waals surface area (Å²) in [5.74, 6) is 0. The number of benzene rings is 9. The second-order valence-electron chi connectivity index (χ2n) is 14.1. The van der Waals surface area contributed by atoms with Crippen molar-refractivity contribution in [1.29, 1.82) is 0 Å². The van der Waals surface area contributed by atoms with Crippen molar-refractivity contribution in [2.75, 3.05) is 0 Å². The highest BCUT2D eigenvalue weighted by molar-refractivity contribution is 6.16. The van der Waals surface area contributed by atoms with E-state index >= 15 is 0 Å². The van der Waals surface area contributed by atoms with Crippen molar-refractivity contribution in [3.63, 3.8) is 0 Å². The van der Waals surface area contributed by atoms with Gasteiger partial charge in [0.1, 0.15) is 0 Å². The third-order valence-corrected chi connectivity index (χ3v) is 11.0. The van der Waals surface area contributed by atoms with Gasteiger partial charge in [0.25, 0.3) is 0 Å². The van der Waals surface area contributed by atoms with Gasteiger partial charge in [-0.15, -0.1) is 0 Å². The van der Waals surface area contributed by atoms with Gasteiger partial charge in [0.15, 0.2) is 0 Å². The molecule has 0 aromatic heterocycles. The fraction of sp³-hybridized carbons (Fsp3) is 0.0612. The van der Waals surface area contributed by atoms with Crippen molar-refractivity contribution in [3.8, 4) is 44.5 Å². The Balaban J connectivity index is 1.22. The van der Waals surface area contributed by atoms with Crippen LogP contribution in [-0.2, 0) is 5.41 Å². The molecule has 0 N–H and O–H groups in total. The lowest BCUT2D eigenvalue weighted by Gasteiger charge is -2.23. The molecular weight excluding hydrogens is 589 g/mol. The van der Waals surface area contributed by atoms with Gasteiger partial charge in [-0.1, -0.05) is 153 Å². The van der Waals surface area contributed by atoms with Gasteiger partial charge in [0.05, 0.1) is 0 Å². The molecule has 9 aromatic rings. The molecule has 0 spiro atoms. The predicted octanol–water partition coefficient (Wildman–Crippen LogP) is 13.6. The van der Waals surface area contributed by atoms with Crippen LogP contribution in [0.25, 0.3) is 87.6 Å². The molecule has 0 saturated heterocycles. The molecule has 10 rings (SSSR count). The van der Waals surface area contributed by atoms with Crippen molar-refractivity contribution >= 4 is 43.1 Å². The minimum atomic E-state index is -0.129. The molecule has 0 heterocycles. The van der Waals surface area contributed by atoms with Gasteiger partial charge in [-0.3, -0.25) is 0 Å². The first kappa shape index (κ1) is 28.1. The molecule has 0 nitrogen and oxygen atoms in total. The van der Waals surface area contributed by atoms with Crippen LogP contribution in [0.2, 0.25) is 0 Å². The summed E-state index contributed by atoms with van der Waals surface area (Å²) < 4.78 is 0. The highest BCUT2D eigenvalue weighted by atomic mass is 14.4. The van der Waals surface area contributed by atoms with Crippen LogP contribution in [0.1, 0.15) is 25.0 Å². The Bertz CT molecular complexity index is 2780. The Kier molecular flexibility index (Phi) is 6.02. The lowest BCUT2D eigenvalue weighted by atomic mass is 9.80. The van der Waals surface area contributed by atoms with E-state index in [0.717, 1.165) is 0 Å². The highest BCUT2D eigenvalue weighted by Crippen LogP contribution is 2.55. The van der Waals surface area contributed by atoms with Gasteiger partial charge in [-0.05, 0) is 129 Å². The second kappa shape index (κ2) is 10.5. The summed E-state index contributed by atoms with van der Waals surface area (Å²) in [6.07, 6.45) is 0. The third kappa shape index (κ3) is 4.24. The summed E-state index contributed by atoms with van der Waals surface area (Å²) in [6.45, 7) is 4.80. The fourth-order valence-corrected chi connectivity index (χ4v) is 8.50. The first-order valence-electron chi connectivity index (χ1n) is 17.3. The maximum absolute atomic E-state index is 2.52. The Labute approximate surface area is 286 Å². The van der Waals surface area contributed by atoms with E-state index in [1.807, 2.05) is 0 Å².